The predicted molar refractivity (Wildman–Crippen MR) is 78.6 cm³/mol. The molecule has 0 saturated carbocycles. The van der Waals surface area contributed by atoms with Gasteiger partial charge in [0.1, 0.15) is 0 Å². The zero-order chi connectivity index (χ0) is 14.1. The van der Waals surface area contributed by atoms with E-state index >= 15 is 0 Å². The summed E-state index contributed by atoms with van der Waals surface area (Å²) in [6.45, 7) is 4.09. The highest BCUT2D eigenvalue weighted by Crippen LogP contribution is 2.26. The molecule has 2 bridgehead atoms. The van der Waals surface area contributed by atoms with Crippen molar-refractivity contribution in [2.75, 3.05) is 30.7 Å². The Morgan fingerprint density at radius 2 is 2.10 bits per heavy atom. The quantitative estimate of drug-likeness (QED) is 0.818. The summed E-state index contributed by atoms with van der Waals surface area (Å²) in [5.74, 6) is 0.00885. The van der Waals surface area contributed by atoms with Crippen molar-refractivity contribution in [2.24, 2.45) is 0 Å². The molecule has 3 N–H and O–H groups in total. The number of hydrogen-bond donors (Lipinski definition) is 2. The number of nitrogen functional groups attached to an aromatic ring is 1. The Morgan fingerprint density at radius 3 is 2.75 bits per heavy atom. The molecule has 0 spiro atoms. The normalized spacial score (nSPS) is 25.6. The largest absolute Gasteiger partial charge is 0.398 e. The van der Waals surface area contributed by atoms with Gasteiger partial charge in [-0.1, -0.05) is 6.07 Å². The fraction of sp³-hybridized carbons (Fsp3) is 0.533. The fourth-order valence-electron chi connectivity index (χ4n) is 2.95. The van der Waals surface area contributed by atoms with E-state index in [0.717, 1.165) is 37.2 Å². The van der Waals surface area contributed by atoms with Crippen molar-refractivity contribution in [3.8, 4) is 0 Å². The molecular weight excluding hydrogens is 254 g/mol. The molecule has 2 aliphatic rings. The first-order valence-corrected chi connectivity index (χ1v) is 7.14. The molecule has 1 aromatic rings. The summed E-state index contributed by atoms with van der Waals surface area (Å²) < 4.78 is 5.77. The number of anilines is 2. The second-order valence-electron chi connectivity index (χ2n) is 5.77. The number of likely N-dealkylation sites (tertiary alicyclic amines) is 1. The van der Waals surface area contributed by atoms with Crippen molar-refractivity contribution in [3.63, 3.8) is 0 Å². The Balaban J connectivity index is 1.55. The number of morpholine rings is 1. The van der Waals surface area contributed by atoms with Crippen molar-refractivity contribution in [2.45, 2.75) is 32.0 Å². The van der Waals surface area contributed by atoms with Crippen LogP contribution in [0.25, 0.3) is 0 Å². The van der Waals surface area contributed by atoms with Crippen LogP contribution in [0.15, 0.2) is 18.2 Å². The summed E-state index contributed by atoms with van der Waals surface area (Å²) in [7, 11) is 0. The minimum Gasteiger partial charge on any atom is -0.398 e. The Bertz CT molecular complexity index is 506. The molecule has 108 valence electrons. The van der Waals surface area contributed by atoms with Gasteiger partial charge in [-0.2, -0.15) is 0 Å². The van der Waals surface area contributed by atoms with Crippen LogP contribution in [0, 0.1) is 6.92 Å². The minimum atomic E-state index is 0.00885. The molecule has 3 rings (SSSR count). The first-order chi connectivity index (χ1) is 9.60. The topological polar surface area (TPSA) is 67.6 Å². The Kier molecular flexibility index (Phi) is 3.63. The molecule has 1 amide bonds. The number of fused-ring (bicyclic) bond motifs is 2. The number of amides is 1. The van der Waals surface area contributed by atoms with E-state index in [1.807, 2.05) is 19.1 Å². The van der Waals surface area contributed by atoms with Crippen molar-refractivity contribution in [1.82, 2.24) is 4.90 Å². The number of nitrogens with two attached hydrogens (primary N) is 1. The van der Waals surface area contributed by atoms with Gasteiger partial charge < -0.3 is 15.8 Å². The predicted octanol–water partition coefficient (Wildman–Crippen LogP) is 1.38. The molecule has 0 aliphatic carbocycles. The summed E-state index contributed by atoms with van der Waals surface area (Å²) >= 11 is 0. The number of benzene rings is 1. The number of aryl methyl sites for hydroxylation is 1. The van der Waals surface area contributed by atoms with E-state index in [4.69, 9.17) is 10.5 Å². The summed E-state index contributed by atoms with van der Waals surface area (Å²) in [5.41, 5.74) is 8.33. The smallest absolute Gasteiger partial charge is 0.238 e. The van der Waals surface area contributed by atoms with Crippen molar-refractivity contribution in [3.05, 3.63) is 23.8 Å². The van der Waals surface area contributed by atoms with Crippen LogP contribution < -0.4 is 11.1 Å². The number of rotatable bonds is 3. The highest BCUT2D eigenvalue weighted by molar-refractivity contribution is 5.92. The van der Waals surface area contributed by atoms with Gasteiger partial charge in [0.05, 0.1) is 18.8 Å². The summed E-state index contributed by atoms with van der Waals surface area (Å²) in [4.78, 5) is 14.3. The third-order valence-corrected chi connectivity index (χ3v) is 4.05. The fourth-order valence-corrected chi connectivity index (χ4v) is 2.95. The lowest BCUT2D eigenvalue weighted by Crippen LogP contribution is -2.45. The van der Waals surface area contributed by atoms with Gasteiger partial charge in [0, 0.05) is 24.5 Å². The van der Waals surface area contributed by atoms with E-state index < -0.39 is 0 Å². The van der Waals surface area contributed by atoms with Crippen LogP contribution in [-0.2, 0) is 9.53 Å². The number of nitrogens with zero attached hydrogens (tertiary/aromatic N) is 1. The molecule has 2 unspecified atom stereocenters. The van der Waals surface area contributed by atoms with E-state index in [1.165, 1.54) is 0 Å². The van der Waals surface area contributed by atoms with Gasteiger partial charge in [0.25, 0.3) is 0 Å². The third-order valence-electron chi connectivity index (χ3n) is 4.05. The molecule has 2 saturated heterocycles. The van der Waals surface area contributed by atoms with E-state index in [2.05, 4.69) is 10.2 Å². The average molecular weight is 275 g/mol. The zero-order valence-electron chi connectivity index (χ0n) is 11.8. The average Bonchev–Trinajstić information content (AvgIpc) is 2.73. The van der Waals surface area contributed by atoms with Gasteiger partial charge in [0.15, 0.2) is 0 Å². The third kappa shape index (κ3) is 2.94. The maximum Gasteiger partial charge on any atom is 0.238 e. The molecule has 2 fully saturated rings. The van der Waals surface area contributed by atoms with Crippen molar-refractivity contribution in [1.29, 1.82) is 0 Å². The van der Waals surface area contributed by atoms with E-state index in [0.29, 0.717) is 24.4 Å². The summed E-state index contributed by atoms with van der Waals surface area (Å²) in [6, 6.07) is 5.60. The van der Waals surface area contributed by atoms with Gasteiger partial charge in [-0.05, 0) is 37.5 Å². The molecule has 2 heterocycles. The maximum absolute atomic E-state index is 12.1. The number of ether oxygens (including phenoxy) is 1. The molecule has 5 nitrogen and oxygen atoms in total. The van der Waals surface area contributed by atoms with Crippen LogP contribution >= 0.6 is 0 Å². The molecular formula is C15H21N3O2. The second kappa shape index (κ2) is 5.42. The summed E-state index contributed by atoms with van der Waals surface area (Å²) in [6.07, 6.45) is 2.88. The SMILES string of the molecule is Cc1ccc(NC(=O)CN2CC3CCC(C2)O3)cc1N. The Hall–Kier alpha value is -1.59. The minimum absolute atomic E-state index is 0.00885. The van der Waals surface area contributed by atoms with Crippen molar-refractivity contribution < 1.29 is 9.53 Å². The van der Waals surface area contributed by atoms with E-state index in [-0.39, 0.29) is 5.91 Å². The molecule has 0 aromatic heterocycles. The first-order valence-electron chi connectivity index (χ1n) is 7.14. The zero-order valence-corrected chi connectivity index (χ0v) is 11.8. The molecule has 1 aromatic carbocycles. The molecule has 20 heavy (non-hydrogen) atoms. The van der Waals surface area contributed by atoms with Crippen LogP contribution in [0.4, 0.5) is 11.4 Å². The summed E-state index contributed by atoms with van der Waals surface area (Å²) in [5, 5.41) is 2.91. The molecule has 2 atom stereocenters. The molecule has 0 radical (unpaired) electrons. The lowest BCUT2D eigenvalue weighted by molar-refractivity contribution is -0.119. The standard InChI is InChI=1S/C15H21N3O2/c1-10-2-3-11(6-14(10)16)17-15(19)9-18-7-12-4-5-13(8-18)20-12/h2-3,6,12-13H,4-5,7-9,16H2,1H3,(H,17,19). The first kappa shape index (κ1) is 13.4. The monoisotopic (exact) mass is 275 g/mol. The van der Waals surface area contributed by atoms with Gasteiger partial charge >= 0.3 is 0 Å². The highest BCUT2D eigenvalue weighted by atomic mass is 16.5. The van der Waals surface area contributed by atoms with Crippen LogP contribution in [0.1, 0.15) is 18.4 Å². The second-order valence-corrected chi connectivity index (χ2v) is 5.77. The lowest BCUT2D eigenvalue weighted by Gasteiger charge is -2.31. The van der Waals surface area contributed by atoms with Crippen LogP contribution in [0.5, 0.6) is 0 Å². The lowest BCUT2D eigenvalue weighted by atomic mass is 10.2. The number of carbonyl (C=O) groups excluding carboxylic acids is 1. The van der Waals surface area contributed by atoms with Gasteiger partial charge in [-0.15, -0.1) is 0 Å². The van der Waals surface area contributed by atoms with Crippen LogP contribution in [-0.4, -0.2) is 42.6 Å². The number of carbonyl (C=O) groups is 1. The van der Waals surface area contributed by atoms with Crippen LogP contribution in [0.3, 0.4) is 0 Å². The molecule has 2 aliphatic heterocycles. The van der Waals surface area contributed by atoms with Gasteiger partial charge in [-0.25, -0.2) is 0 Å². The van der Waals surface area contributed by atoms with Crippen molar-refractivity contribution >= 4 is 17.3 Å². The maximum atomic E-state index is 12.1. The Labute approximate surface area is 119 Å². The van der Waals surface area contributed by atoms with Crippen LogP contribution in [0.2, 0.25) is 0 Å². The number of nitrogens with one attached hydrogen (secondary N) is 1. The van der Waals surface area contributed by atoms with Gasteiger partial charge in [0.2, 0.25) is 5.91 Å². The highest BCUT2D eigenvalue weighted by Gasteiger charge is 2.34. The molecule has 5 heteroatoms. The van der Waals surface area contributed by atoms with E-state index in [1.54, 1.807) is 6.07 Å². The van der Waals surface area contributed by atoms with E-state index in [9.17, 15) is 4.79 Å². The van der Waals surface area contributed by atoms with Gasteiger partial charge in [-0.3, -0.25) is 9.69 Å². The number of hydrogen-bond acceptors (Lipinski definition) is 4. The Morgan fingerprint density at radius 1 is 1.40 bits per heavy atom.